The van der Waals surface area contributed by atoms with Gasteiger partial charge in [-0.25, -0.2) is 8.42 Å². The largest absolute Gasteiger partial charge is 0.299 e. The molecule has 0 aliphatic rings. The molecule has 11 heteroatoms. The summed E-state index contributed by atoms with van der Waals surface area (Å²) in [5.41, 5.74) is 1.47. The summed E-state index contributed by atoms with van der Waals surface area (Å²) in [6.07, 6.45) is 0. The van der Waals surface area contributed by atoms with Gasteiger partial charge in [0.05, 0.1) is 10.6 Å². The number of nitrogens with zero attached hydrogens (tertiary/aromatic N) is 3. The highest BCUT2D eigenvalue weighted by Gasteiger charge is 2.27. The number of anilines is 2. The molecule has 7 nitrogen and oxygen atoms in total. The van der Waals surface area contributed by atoms with Gasteiger partial charge in [-0.1, -0.05) is 83.2 Å². The summed E-state index contributed by atoms with van der Waals surface area (Å²) in [7, 11) is -4.00. The minimum absolute atomic E-state index is 0.0771. The highest BCUT2D eigenvalue weighted by atomic mass is 35.5. The Morgan fingerprint density at radius 3 is 2.26 bits per heavy atom. The Balaban J connectivity index is 1.48. The van der Waals surface area contributed by atoms with Gasteiger partial charge < -0.3 is 0 Å². The van der Waals surface area contributed by atoms with Gasteiger partial charge in [-0.3, -0.25) is 14.4 Å². The van der Waals surface area contributed by atoms with E-state index in [2.05, 4.69) is 15.5 Å². The second-order valence-electron chi connectivity index (χ2n) is 7.00. The lowest BCUT2D eigenvalue weighted by Crippen LogP contribution is -2.38. The van der Waals surface area contributed by atoms with E-state index in [1.165, 1.54) is 35.2 Å². The van der Waals surface area contributed by atoms with Crippen molar-refractivity contribution in [3.8, 4) is 0 Å². The van der Waals surface area contributed by atoms with Crippen LogP contribution in [0, 0.1) is 0 Å². The molecule has 1 heterocycles. The van der Waals surface area contributed by atoms with Crippen molar-refractivity contribution in [3.63, 3.8) is 0 Å². The van der Waals surface area contributed by atoms with Crippen LogP contribution in [-0.2, 0) is 20.6 Å². The summed E-state index contributed by atoms with van der Waals surface area (Å²) in [4.78, 5) is 12.9. The van der Waals surface area contributed by atoms with E-state index in [1.807, 2.05) is 30.3 Å². The van der Waals surface area contributed by atoms with Crippen LogP contribution in [0.3, 0.4) is 0 Å². The van der Waals surface area contributed by atoms with Crippen molar-refractivity contribution in [1.82, 2.24) is 10.2 Å². The van der Waals surface area contributed by atoms with Crippen molar-refractivity contribution in [3.05, 3.63) is 95.5 Å². The van der Waals surface area contributed by atoms with Crippen LogP contribution in [0.5, 0.6) is 0 Å². The van der Waals surface area contributed by atoms with Crippen molar-refractivity contribution >= 4 is 61.4 Å². The smallest absolute Gasteiger partial charge is 0.264 e. The fourth-order valence-electron chi connectivity index (χ4n) is 2.97. The summed E-state index contributed by atoms with van der Waals surface area (Å²) in [6.45, 7) is -0.440. The number of hydrogen-bond acceptors (Lipinski definition) is 7. The van der Waals surface area contributed by atoms with Crippen LogP contribution in [0.15, 0.2) is 94.2 Å². The zero-order chi connectivity index (χ0) is 24.0. The second kappa shape index (κ2) is 11.0. The summed E-state index contributed by atoms with van der Waals surface area (Å²) in [6, 6.07) is 24.1. The molecule has 0 saturated heterocycles. The number of halogens is 1. The maximum Gasteiger partial charge on any atom is 0.264 e. The van der Waals surface area contributed by atoms with Crippen LogP contribution in [0.1, 0.15) is 5.56 Å². The second-order valence-corrected chi connectivity index (χ2v) is 11.5. The first-order valence-electron chi connectivity index (χ1n) is 10.1. The van der Waals surface area contributed by atoms with Gasteiger partial charge in [0.2, 0.25) is 11.0 Å². The third-order valence-electron chi connectivity index (χ3n) is 4.59. The van der Waals surface area contributed by atoms with Gasteiger partial charge >= 0.3 is 0 Å². The third kappa shape index (κ3) is 6.15. The predicted molar refractivity (Wildman–Crippen MR) is 137 cm³/mol. The normalized spacial score (nSPS) is 11.2. The number of hydrogen-bond donors (Lipinski definition) is 1. The minimum Gasteiger partial charge on any atom is -0.299 e. The Morgan fingerprint density at radius 1 is 0.941 bits per heavy atom. The van der Waals surface area contributed by atoms with Gasteiger partial charge in [-0.15, -0.1) is 10.2 Å². The van der Waals surface area contributed by atoms with Crippen LogP contribution < -0.4 is 9.62 Å². The average molecular weight is 531 g/mol. The topological polar surface area (TPSA) is 92.3 Å². The lowest BCUT2D eigenvalue weighted by molar-refractivity contribution is -0.114. The maximum atomic E-state index is 13.3. The van der Waals surface area contributed by atoms with Gasteiger partial charge in [-0.2, -0.15) is 0 Å². The number of benzene rings is 3. The summed E-state index contributed by atoms with van der Waals surface area (Å²) in [5.74, 6) is 0.188. The molecule has 0 spiro atoms. The number of nitrogens with one attached hydrogen (secondary N) is 1. The molecule has 174 valence electrons. The first-order chi connectivity index (χ1) is 16.4. The van der Waals surface area contributed by atoms with Gasteiger partial charge in [0.15, 0.2) is 4.34 Å². The standard InChI is InChI=1S/C23H19ClN4O3S3/c24-18-11-13-19(14-12-18)28(34(30,31)20-9-5-2-6-10-20)15-21(29)25-22-26-27-23(33-22)32-16-17-7-3-1-4-8-17/h1-14H,15-16H2,(H,25,26,29). The molecular weight excluding hydrogens is 512 g/mol. The van der Waals surface area contributed by atoms with E-state index in [0.717, 1.165) is 15.6 Å². The van der Waals surface area contributed by atoms with Crippen molar-refractivity contribution in [1.29, 1.82) is 0 Å². The maximum absolute atomic E-state index is 13.3. The molecule has 1 amide bonds. The summed E-state index contributed by atoms with van der Waals surface area (Å²) in [5, 5.41) is 11.5. The van der Waals surface area contributed by atoms with Crippen LogP contribution >= 0.6 is 34.7 Å². The molecule has 1 N–H and O–H groups in total. The Kier molecular flexibility index (Phi) is 7.84. The monoisotopic (exact) mass is 530 g/mol. The van der Waals surface area contributed by atoms with Crippen LogP contribution in [-0.4, -0.2) is 31.1 Å². The molecule has 0 aliphatic heterocycles. The van der Waals surface area contributed by atoms with Crippen molar-refractivity contribution in [2.45, 2.75) is 15.0 Å². The van der Waals surface area contributed by atoms with Crippen LogP contribution in [0.2, 0.25) is 5.02 Å². The quantitative estimate of drug-likeness (QED) is 0.233. The first kappa shape index (κ1) is 24.2. The molecule has 4 rings (SSSR count). The predicted octanol–water partition coefficient (Wildman–Crippen LogP) is 5.32. The average Bonchev–Trinajstić information content (AvgIpc) is 3.30. The molecule has 0 fully saturated rings. The van der Waals surface area contributed by atoms with E-state index in [4.69, 9.17) is 11.6 Å². The molecule has 0 saturated carbocycles. The van der Waals surface area contributed by atoms with Gasteiger partial charge in [0.1, 0.15) is 6.54 Å². The number of amides is 1. The molecule has 4 aromatic rings. The van der Waals surface area contributed by atoms with Crippen LogP contribution in [0.4, 0.5) is 10.8 Å². The van der Waals surface area contributed by atoms with E-state index in [0.29, 0.717) is 20.2 Å². The minimum atomic E-state index is -4.00. The molecule has 0 radical (unpaired) electrons. The zero-order valence-electron chi connectivity index (χ0n) is 17.7. The molecule has 3 aromatic carbocycles. The SMILES string of the molecule is O=C(CN(c1ccc(Cl)cc1)S(=O)(=O)c1ccccc1)Nc1nnc(SCc2ccccc2)s1. The zero-order valence-corrected chi connectivity index (χ0v) is 20.9. The number of aromatic nitrogens is 2. The van der Waals surface area contributed by atoms with Gasteiger partial charge in [0.25, 0.3) is 10.0 Å². The fraction of sp³-hybridized carbons (Fsp3) is 0.0870. The van der Waals surface area contributed by atoms with Crippen molar-refractivity contribution in [2.24, 2.45) is 0 Å². The van der Waals surface area contributed by atoms with Crippen molar-refractivity contribution in [2.75, 3.05) is 16.2 Å². The number of rotatable bonds is 9. The van der Waals surface area contributed by atoms with E-state index in [9.17, 15) is 13.2 Å². The van der Waals surface area contributed by atoms with Gasteiger partial charge in [-0.05, 0) is 42.0 Å². The number of carbonyl (C=O) groups excluding carboxylic acids is 1. The van der Waals surface area contributed by atoms with E-state index < -0.39 is 22.5 Å². The molecule has 0 aliphatic carbocycles. The molecular formula is C23H19ClN4O3S3. The molecule has 0 unspecified atom stereocenters. The molecule has 34 heavy (non-hydrogen) atoms. The number of sulfonamides is 1. The van der Waals surface area contributed by atoms with E-state index in [1.54, 1.807) is 42.5 Å². The summed E-state index contributed by atoms with van der Waals surface area (Å²) < 4.78 is 28.4. The molecule has 0 atom stereocenters. The van der Waals surface area contributed by atoms with E-state index >= 15 is 0 Å². The molecule has 1 aromatic heterocycles. The van der Waals surface area contributed by atoms with E-state index in [-0.39, 0.29) is 4.90 Å². The first-order valence-corrected chi connectivity index (χ1v) is 13.7. The third-order valence-corrected chi connectivity index (χ3v) is 8.67. The number of thioether (sulfide) groups is 1. The molecule has 0 bridgehead atoms. The fourth-order valence-corrected chi connectivity index (χ4v) is 6.26. The Hall–Kier alpha value is -2.92. The Bertz CT molecular complexity index is 1350. The lowest BCUT2D eigenvalue weighted by atomic mass is 10.2. The number of carbonyl (C=O) groups is 1. The lowest BCUT2D eigenvalue weighted by Gasteiger charge is -2.24. The van der Waals surface area contributed by atoms with Gasteiger partial charge in [0, 0.05) is 10.8 Å². The highest BCUT2D eigenvalue weighted by molar-refractivity contribution is 8.00. The van der Waals surface area contributed by atoms with Crippen LogP contribution in [0.25, 0.3) is 0 Å². The summed E-state index contributed by atoms with van der Waals surface area (Å²) >= 11 is 8.71. The Labute approximate surface area is 210 Å². The highest BCUT2D eigenvalue weighted by Crippen LogP contribution is 2.29. The Morgan fingerprint density at radius 2 is 1.59 bits per heavy atom. The van der Waals surface area contributed by atoms with Crippen molar-refractivity contribution < 1.29 is 13.2 Å².